The van der Waals surface area contributed by atoms with Crippen LogP contribution in [0.5, 0.6) is 0 Å². The van der Waals surface area contributed by atoms with E-state index < -0.39 is 30.2 Å². The van der Waals surface area contributed by atoms with Gasteiger partial charge >= 0.3 is 18.0 Å². The molecule has 0 N–H and O–H groups in total. The van der Waals surface area contributed by atoms with E-state index in [-0.39, 0.29) is 13.8 Å². The number of ether oxygens (including phenoxy) is 1. The molecule has 0 radical (unpaired) electrons. The van der Waals surface area contributed by atoms with Crippen molar-refractivity contribution in [3.63, 3.8) is 0 Å². The van der Waals surface area contributed by atoms with Gasteiger partial charge in [-0.3, -0.25) is 0 Å². The first-order valence-electron chi connectivity index (χ1n) is 4.27. The predicted octanol–water partition coefficient (Wildman–Crippen LogP) is 3.63. The summed E-state index contributed by atoms with van der Waals surface area (Å²) in [6, 6.07) is 0. The zero-order chi connectivity index (χ0) is 13.4. The van der Waals surface area contributed by atoms with Crippen LogP contribution in [-0.4, -0.2) is 30.2 Å². The van der Waals surface area contributed by atoms with Crippen LogP contribution >= 0.6 is 0 Å². The van der Waals surface area contributed by atoms with Crippen molar-refractivity contribution >= 4 is 0 Å². The van der Waals surface area contributed by atoms with E-state index in [2.05, 4.69) is 4.74 Å². The molecule has 0 aromatic rings. The van der Waals surface area contributed by atoms with Crippen molar-refractivity contribution in [1.82, 2.24) is 0 Å². The van der Waals surface area contributed by atoms with Gasteiger partial charge in [-0.2, -0.15) is 26.3 Å². The van der Waals surface area contributed by atoms with Crippen molar-refractivity contribution in [2.45, 2.75) is 44.4 Å². The molecule has 98 valence electrons. The Kier molecular flexibility index (Phi) is 3.91. The van der Waals surface area contributed by atoms with E-state index in [4.69, 9.17) is 0 Å². The van der Waals surface area contributed by atoms with E-state index in [0.29, 0.717) is 0 Å². The summed E-state index contributed by atoms with van der Waals surface area (Å²) >= 11 is 0. The average Bonchev–Trinajstić information content (AvgIpc) is 2.01. The highest BCUT2D eigenvalue weighted by Crippen LogP contribution is 2.51. The molecule has 0 fully saturated rings. The molecule has 0 heterocycles. The molecule has 0 spiro atoms. The molecule has 16 heavy (non-hydrogen) atoms. The van der Waals surface area contributed by atoms with Gasteiger partial charge in [0.2, 0.25) is 0 Å². The highest BCUT2D eigenvalue weighted by Gasteiger charge is 2.78. The third-order valence-electron chi connectivity index (χ3n) is 1.83. The maximum Gasteiger partial charge on any atom is 0.425 e. The second-order valence-corrected chi connectivity index (χ2v) is 3.57. The maximum absolute atomic E-state index is 12.8. The molecule has 0 rings (SSSR count). The smallest absolute Gasteiger partial charge is 0.316 e. The van der Waals surface area contributed by atoms with Crippen LogP contribution in [-0.2, 0) is 4.74 Å². The molecule has 0 saturated carbocycles. The fourth-order valence-electron chi connectivity index (χ4n) is 0.828. The van der Waals surface area contributed by atoms with Gasteiger partial charge in [-0.1, -0.05) is 0 Å². The van der Waals surface area contributed by atoms with Gasteiger partial charge in [0.15, 0.2) is 5.67 Å². The Morgan fingerprint density at radius 3 is 1.44 bits per heavy atom. The van der Waals surface area contributed by atoms with Crippen LogP contribution < -0.4 is 0 Å². The topological polar surface area (TPSA) is 9.23 Å². The van der Waals surface area contributed by atoms with Gasteiger partial charge in [-0.15, -0.1) is 0 Å². The minimum Gasteiger partial charge on any atom is -0.316 e. The van der Waals surface area contributed by atoms with Crippen molar-refractivity contribution in [3.8, 4) is 0 Å². The normalized spacial score (nSPS) is 15.4. The lowest BCUT2D eigenvalue weighted by atomic mass is 9.95. The van der Waals surface area contributed by atoms with Crippen LogP contribution in [0.2, 0.25) is 0 Å². The number of halogens is 7. The Bertz CT molecular complexity index is 243. The molecule has 0 saturated heterocycles. The molecule has 8 heteroatoms. The van der Waals surface area contributed by atoms with Crippen LogP contribution in [0.1, 0.15) is 20.8 Å². The molecule has 0 aromatic heterocycles. The number of hydrogen-bond acceptors (Lipinski definition) is 1. The van der Waals surface area contributed by atoms with E-state index >= 15 is 0 Å². The number of alkyl halides is 7. The van der Waals surface area contributed by atoms with Crippen LogP contribution in [0.3, 0.4) is 0 Å². The Hall–Kier alpha value is -0.530. The van der Waals surface area contributed by atoms with Crippen molar-refractivity contribution in [2.75, 3.05) is 6.61 Å². The lowest BCUT2D eigenvalue weighted by Crippen LogP contribution is -2.62. The average molecular weight is 256 g/mol. The van der Waals surface area contributed by atoms with E-state index in [1.807, 2.05) is 0 Å². The second-order valence-electron chi connectivity index (χ2n) is 3.57. The van der Waals surface area contributed by atoms with Crippen LogP contribution in [0, 0.1) is 0 Å². The maximum atomic E-state index is 12.8. The Morgan fingerprint density at radius 2 is 1.19 bits per heavy atom. The van der Waals surface area contributed by atoms with Gasteiger partial charge in [0.1, 0.15) is 0 Å². The molecular weight excluding hydrogens is 245 g/mol. The number of rotatable bonds is 5. The summed E-state index contributed by atoms with van der Waals surface area (Å²) in [5, 5.41) is 0. The summed E-state index contributed by atoms with van der Waals surface area (Å²) in [7, 11) is 0. The Morgan fingerprint density at radius 1 is 0.812 bits per heavy atom. The molecule has 1 nitrogen and oxygen atoms in total. The lowest BCUT2D eigenvalue weighted by Gasteiger charge is -2.36. The van der Waals surface area contributed by atoms with Gasteiger partial charge in [0.05, 0.1) is 6.61 Å². The SMILES string of the molecule is CCOC(F)(F)C(F)(F)C(F)(F)C(C)(C)F. The third kappa shape index (κ3) is 2.26. The first kappa shape index (κ1) is 15.5. The summed E-state index contributed by atoms with van der Waals surface area (Å²) in [6.45, 7) is 0.181. The summed E-state index contributed by atoms with van der Waals surface area (Å²) in [6.07, 6.45) is -5.44. The zero-order valence-corrected chi connectivity index (χ0v) is 8.76. The Balaban J connectivity index is 5.34. The fourth-order valence-corrected chi connectivity index (χ4v) is 0.828. The van der Waals surface area contributed by atoms with Crippen LogP contribution in [0.15, 0.2) is 0 Å². The van der Waals surface area contributed by atoms with E-state index in [1.54, 1.807) is 0 Å². The predicted molar refractivity (Wildman–Crippen MR) is 41.7 cm³/mol. The van der Waals surface area contributed by atoms with Gasteiger partial charge in [0, 0.05) is 0 Å². The lowest BCUT2D eigenvalue weighted by molar-refractivity contribution is -0.412. The summed E-state index contributed by atoms with van der Waals surface area (Å²) in [5.41, 5.74) is -3.81. The van der Waals surface area contributed by atoms with Crippen LogP contribution in [0.25, 0.3) is 0 Å². The molecule has 0 aliphatic carbocycles. The first-order chi connectivity index (χ1) is 6.81. The van der Waals surface area contributed by atoms with Gasteiger partial charge in [-0.05, 0) is 20.8 Å². The molecule has 0 unspecified atom stereocenters. The molecule has 0 aliphatic rings. The van der Waals surface area contributed by atoms with Crippen molar-refractivity contribution < 1.29 is 35.5 Å². The van der Waals surface area contributed by atoms with Crippen molar-refractivity contribution in [3.05, 3.63) is 0 Å². The van der Waals surface area contributed by atoms with Crippen molar-refractivity contribution in [2.24, 2.45) is 0 Å². The van der Waals surface area contributed by atoms with E-state index in [0.717, 1.165) is 6.92 Å². The third-order valence-corrected chi connectivity index (χ3v) is 1.83. The summed E-state index contributed by atoms with van der Waals surface area (Å²) in [5.74, 6) is -11.5. The van der Waals surface area contributed by atoms with Crippen molar-refractivity contribution in [1.29, 1.82) is 0 Å². The van der Waals surface area contributed by atoms with E-state index in [9.17, 15) is 30.7 Å². The fraction of sp³-hybridized carbons (Fsp3) is 1.00. The largest absolute Gasteiger partial charge is 0.425 e. The molecule has 0 aliphatic heterocycles. The zero-order valence-electron chi connectivity index (χ0n) is 8.76. The molecular formula is C8H11F7O. The molecule has 0 aromatic carbocycles. The molecule has 0 bridgehead atoms. The van der Waals surface area contributed by atoms with Crippen LogP contribution in [0.4, 0.5) is 30.7 Å². The summed E-state index contributed by atoms with van der Waals surface area (Å²) in [4.78, 5) is 0. The molecule has 0 amide bonds. The first-order valence-corrected chi connectivity index (χ1v) is 4.27. The monoisotopic (exact) mass is 256 g/mol. The van der Waals surface area contributed by atoms with E-state index in [1.165, 1.54) is 0 Å². The van der Waals surface area contributed by atoms with Gasteiger partial charge < -0.3 is 4.74 Å². The second kappa shape index (κ2) is 4.05. The Labute approximate surface area is 87.6 Å². The molecule has 0 atom stereocenters. The van der Waals surface area contributed by atoms with Gasteiger partial charge in [-0.25, -0.2) is 4.39 Å². The quantitative estimate of drug-likeness (QED) is 0.682. The highest BCUT2D eigenvalue weighted by molar-refractivity contribution is 5.01. The minimum absolute atomic E-state index is 0.0862. The van der Waals surface area contributed by atoms with Gasteiger partial charge in [0.25, 0.3) is 0 Å². The highest BCUT2D eigenvalue weighted by atomic mass is 19.4. The minimum atomic E-state index is -5.94. The standard InChI is InChI=1S/C8H11F7O/c1-4-16-8(14,15)7(12,13)6(10,11)5(2,3)9/h4H2,1-3H3. The number of hydrogen-bond donors (Lipinski definition) is 0. The summed E-state index contributed by atoms with van der Waals surface area (Å²) < 4.78 is 92.6.